The van der Waals surface area contributed by atoms with Crippen molar-refractivity contribution < 1.29 is 9.15 Å². The lowest BCUT2D eigenvalue weighted by atomic mass is 10.3. The van der Waals surface area contributed by atoms with Crippen LogP contribution in [-0.2, 0) is 0 Å². The number of rotatable bonds is 2. The Morgan fingerprint density at radius 1 is 1.32 bits per heavy atom. The zero-order valence-corrected chi connectivity index (χ0v) is 11.5. The molecule has 0 saturated carbocycles. The van der Waals surface area contributed by atoms with E-state index >= 15 is 0 Å². The highest BCUT2D eigenvalue weighted by Gasteiger charge is 2.14. The molecule has 2 aromatic heterocycles. The van der Waals surface area contributed by atoms with Crippen LogP contribution in [0.1, 0.15) is 0 Å². The highest BCUT2D eigenvalue weighted by Crippen LogP contribution is 2.28. The molecule has 1 aromatic carbocycles. The van der Waals surface area contributed by atoms with Crippen molar-refractivity contribution in [2.75, 3.05) is 12.8 Å². The molecule has 0 aliphatic heterocycles. The summed E-state index contributed by atoms with van der Waals surface area (Å²) in [7, 11) is 1.60. The van der Waals surface area contributed by atoms with Crippen LogP contribution in [0.5, 0.6) is 5.75 Å². The number of nitrogens with zero attached hydrogens (tertiary/aromatic N) is 3. The predicted molar refractivity (Wildman–Crippen MR) is 73.7 cm³/mol. The second-order valence-corrected chi connectivity index (χ2v) is 4.59. The van der Waals surface area contributed by atoms with Gasteiger partial charge in [-0.3, -0.25) is 0 Å². The van der Waals surface area contributed by atoms with Gasteiger partial charge in [-0.2, -0.15) is 0 Å². The molecule has 2 N–H and O–H groups in total. The fourth-order valence-electron chi connectivity index (χ4n) is 1.67. The van der Waals surface area contributed by atoms with Crippen LogP contribution in [0.25, 0.3) is 22.7 Å². The van der Waals surface area contributed by atoms with E-state index in [1.807, 2.05) is 0 Å². The first-order valence-corrected chi connectivity index (χ1v) is 6.19. The highest BCUT2D eigenvalue weighted by molar-refractivity contribution is 9.10. The molecule has 0 aliphatic carbocycles. The van der Waals surface area contributed by atoms with Crippen molar-refractivity contribution in [3.8, 4) is 17.3 Å². The summed E-state index contributed by atoms with van der Waals surface area (Å²) in [5, 5.41) is 0. The van der Waals surface area contributed by atoms with Crippen LogP contribution in [0.15, 0.2) is 33.4 Å². The standard InChI is InChI=1S/C12H9BrN4O2/c1-18-6-2-3-8-7(4-6)16-12(19-8)10-11(14)15-5-9(13)17-10/h2-5H,1H3,(H2,14,15). The van der Waals surface area contributed by atoms with Crippen LogP contribution in [0.2, 0.25) is 0 Å². The van der Waals surface area contributed by atoms with Gasteiger partial charge < -0.3 is 14.9 Å². The van der Waals surface area contributed by atoms with E-state index in [1.54, 1.807) is 25.3 Å². The van der Waals surface area contributed by atoms with E-state index in [4.69, 9.17) is 14.9 Å². The topological polar surface area (TPSA) is 87.1 Å². The van der Waals surface area contributed by atoms with Gasteiger partial charge >= 0.3 is 0 Å². The maximum Gasteiger partial charge on any atom is 0.250 e. The monoisotopic (exact) mass is 320 g/mol. The number of aromatic nitrogens is 3. The van der Waals surface area contributed by atoms with Crippen molar-refractivity contribution >= 4 is 32.8 Å². The van der Waals surface area contributed by atoms with Crippen molar-refractivity contribution in [1.82, 2.24) is 15.0 Å². The summed E-state index contributed by atoms with van der Waals surface area (Å²) in [6.45, 7) is 0. The van der Waals surface area contributed by atoms with Gasteiger partial charge in [0.25, 0.3) is 0 Å². The molecule has 0 bridgehead atoms. The first-order chi connectivity index (χ1) is 9.17. The quantitative estimate of drug-likeness (QED) is 0.781. The summed E-state index contributed by atoms with van der Waals surface area (Å²) in [4.78, 5) is 12.6. The summed E-state index contributed by atoms with van der Waals surface area (Å²) in [5.41, 5.74) is 7.50. The van der Waals surface area contributed by atoms with Gasteiger partial charge in [0.05, 0.1) is 13.3 Å². The maximum atomic E-state index is 5.78. The Kier molecular flexibility index (Phi) is 2.83. The molecule has 0 unspecified atom stereocenters. The third kappa shape index (κ3) is 2.12. The minimum Gasteiger partial charge on any atom is -0.497 e. The van der Waals surface area contributed by atoms with Gasteiger partial charge in [-0.05, 0) is 28.1 Å². The summed E-state index contributed by atoms with van der Waals surface area (Å²) in [5.74, 6) is 1.30. The van der Waals surface area contributed by atoms with Gasteiger partial charge in [0, 0.05) is 6.07 Å². The van der Waals surface area contributed by atoms with Crippen LogP contribution in [0.3, 0.4) is 0 Å². The van der Waals surface area contributed by atoms with Crippen molar-refractivity contribution in [3.63, 3.8) is 0 Å². The van der Waals surface area contributed by atoms with Crippen LogP contribution >= 0.6 is 15.9 Å². The summed E-state index contributed by atoms with van der Waals surface area (Å²) in [6, 6.07) is 5.36. The van der Waals surface area contributed by atoms with Gasteiger partial charge in [0.1, 0.15) is 15.9 Å². The summed E-state index contributed by atoms with van der Waals surface area (Å²) in [6.07, 6.45) is 1.52. The number of benzene rings is 1. The number of oxazole rings is 1. The Labute approximate surface area is 116 Å². The first-order valence-electron chi connectivity index (χ1n) is 5.40. The Morgan fingerprint density at radius 3 is 2.95 bits per heavy atom. The molecule has 0 spiro atoms. The maximum absolute atomic E-state index is 5.78. The molecule has 0 atom stereocenters. The molecular formula is C12H9BrN4O2. The fourth-order valence-corrected chi connectivity index (χ4v) is 1.95. The lowest BCUT2D eigenvalue weighted by molar-refractivity contribution is 0.415. The first kappa shape index (κ1) is 11.9. The van der Waals surface area contributed by atoms with Crippen LogP contribution in [0.4, 0.5) is 5.82 Å². The van der Waals surface area contributed by atoms with Gasteiger partial charge in [-0.1, -0.05) is 0 Å². The molecule has 2 heterocycles. The van der Waals surface area contributed by atoms with Gasteiger partial charge in [-0.25, -0.2) is 15.0 Å². The number of fused-ring (bicyclic) bond motifs is 1. The number of nitrogens with two attached hydrogens (primary N) is 1. The highest BCUT2D eigenvalue weighted by atomic mass is 79.9. The normalized spacial score (nSPS) is 10.8. The molecule has 0 amide bonds. The Balaban J connectivity index is 2.17. The number of nitrogen functional groups attached to an aromatic ring is 1. The van der Waals surface area contributed by atoms with E-state index in [0.29, 0.717) is 33.0 Å². The van der Waals surface area contributed by atoms with Crippen molar-refractivity contribution in [2.24, 2.45) is 0 Å². The second kappa shape index (κ2) is 4.51. The van der Waals surface area contributed by atoms with Gasteiger partial charge in [0.15, 0.2) is 17.1 Å². The Morgan fingerprint density at radius 2 is 2.16 bits per heavy atom. The minimum atomic E-state index is 0.265. The molecule has 0 saturated heterocycles. The van der Waals surface area contributed by atoms with Crippen LogP contribution in [0, 0.1) is 0 Å². The molecule has 0 aliphatic rings. The smallest absolute Gasteiger partial charge is 0.250 e. The molecule has 6 nitrogen and oxygen atoms in total. The molecule has 3 aromatic rings. The predicted octanol–water partition coefficient (Wildman–Crippen LogP) is 2.64. The number of halogens is 1. The lowest BCUT2D eigenvalue weighted by Crippen LogP contribution is -1.97. The Hall–Kier alpha value is -2.15. The average molecular weight is 321 g/mol. The van der Waals surface area contributed by atoms with E-state index in [1.165, 1.54) is 6.20 Å². The van der Waals surface area contributed by atoms with Crippen LogP contribution < -0.4 is 10.5 Å². The molecule has 3 rings (SSSR count). The van der Waals surface area contributed by atoms with E-state index in [0.717, 1.165) is 0 Å². The molecule has 0 radical (unpaired) electrons. The molecule has 0 fully saturated rings. The van der Waals surface area contributed by atoms with Crippen LogP contribution in [-0.4, -0.2) is 22.1 Å². The van der Waals surface area contributed by atoms with Crippen molar-refractivity contribution in [1.29, 1.82) is 0 Å². The van der Waals surface area contributed by atoms with E-state index < -0.39 is 0 Å². The molecular weight excluding hydrogens is 312 g/mol. The van der Waals surface area contributed by atoms with Crippen molar-refractivity contribution in [3.05, 3.63) is 29.0 Å². The molecule has 96 valence electrons. The average Bonchev–Trinajstić information content (AvgIpc) is 2.83. The van der Waals surface area contributed by atoms with E-state index in [9.17, 15) is 0 Å². The number of methoxy groups -OCH3 is 1. The van der Waals surface area contributed by atoms with Crippen molar-refractivity contribution in [2.45, 2.75) is 0 Å². The number of anilines is 1. The molecule has 19 heavy (non-hydrogen) atoms. The summed E-state index contributed by atoms with van der Waals surface area (Å²) < 4.78 is 11.3. The third-order valence-electron chi connectivity index (χ3n) is 2.57. The van der Waals surface area contributed by atoms with Gasteiger partial charge in [-0.15, -0.1) is 0 Å². The number of hydrogen-bond acceptors (Lipinski definition) is 6. The second-order valence-electron chi connectivity index (χ2n) is 3.78. The van der Waals surface area contributed by atoms with E-state index in [-0.39, 0.29) is 5.82 Å². The minimum absolute atomic E-state index is 0.265. The SMILES string of the molecule is COc1ccc2oc(-c3nc(Br)cnc3N)nc2c1. The third-order valence-corrected chi connectivity index (χ3v) is 2.95. The van der Waals surface area contributed by atoms with Gasteiger partial charge in [0.2, 0.25) is 5.89 Å². The largest absolute Gasteiger partial charge is 0.497 e. The summed E-state index contributed by atoms with van der Waals surface area (Å²) >= 11 is 3.24. The zero-order chi connectivity index (χ0) is 13.4. The number of hydrogen-bond donors (Lipinski definition) is 1. The molecule has 7 heteroatoms. The fraction of sp³-hybridized carbons (Fsp3) is 0.0833. The number of ether oxygens (including phenoxy) is 1. The Bertz CT molecular complexity index is 757. The zero-order valence-electron chi connectivity index (χ0n) is 9.92. The lowest BCUT2D eigenvalue weighted by Gasteiger charge is -1.98. The van der Waals surface area contributed by atoms with E-state index in [2.05, 4.69) is 30.9 Å².